The Morgan fingerprint density at radius 2 is 0.857 bits per heavy atom. The van der Waals surface area contributed by atoms with Gasteiger partial charge in [0.2, 0.25) is 0 Å². The molecule has 0 fully saturated rings. The van der Waals surface area contributed by atoms with E-state index < -0.39 is 0 Å². The molecule has 7 aromatic rings. The summed E-state index contributed by atoms with van der Waals surface area (Å²) in [5, 5.41) is 5.27. The van der Waals surface area contributed by atoms with Crippen LogP contribution in [-0.4, -0.2) is 0 Å². The van der Waals surface area contributed by atoms with Crippen molar-refractivity contribution in [3.63, 3.8) is 0 Å². The highest BCUT2D eigenvalue weighted by Gasteiger charge is 2.30. The summed E-state index contributed by atoms with van der Waals surface area (Å²) in [7, 11) is 0. The van der Waals surface area contributed by atoms with Crippen molar-refractivity contribution in [1.82, 2.24) is 0 Å². The summed E-state index contributed by atoms with van der Waals surface area (Å²) in [4.78, 5) is 0. The van der Waals surface area contributed by atoms with Crippen LogP contribution in [0.1, 0.15) is 22.3 Å². The fraction of sp³-hybridized carbons (Fsp3) is 0.0952. The van der Waals surface area contributed by atoms with E-state index in [1.807, 2.05) is 0 Å². The van der Waals surface area contributed by atoms with Crippen LogP contribution >= 0.6 is 0 Å². The lowest BCUT2D eigenvalue weighted by atomic mass is 9.81. The van der Waals surface area contributed by atoms with Crippen LogP contribution in [0.2, 0.25) is 0 Å². The average Bonchev–Trinajstić information content (AvgIpc) is 3.30. The van der Waals surface area contributed by atoms with Gasteiger partial charge in [0.1, 0.15) is 0 Å². The lowest BCUT2D eigenvalue weighted by Crippen LogP contribution is -1.96. The molecule has 1 aliphatic rings. The highest BCUT2D eigenvalue weighted by molar-refractivity contribution is 6.27. The van der Waals surface area contributed by atoms with Crippen molar-refractivity contribution in [1.29, 1.82) is 0 Å². The van der Waals surface area contributed by atoms with Crippen molar-refractivity contribution in [2.75, 3.05) is 0 Å². The van der Waals surface area contributed by atoms with Crippen molar-refractivity contribution in [2.24, 2.45) is 0 Å². The predicted octanol–water partition coefficient (Wildman–Crippen LogP) is 11.9. The molecule has 0 spiro atoms. The Labute approximate surface area is 247 Å². The van der Waals surface area contributed by atoms with Crippen molar-refractivity contribution in [2.45, 2.75) is 27.7 Å². The van der Waals surface area contributed by atoms with Crippen molar-refractivity contribution in [3.8, 4) is 55.6 Å². The Hall–Kier alpha value is -4.94. The summed E-state index contributed by atoms with van der Waals surface area (Å²) in [5.74, 6) is 0. The fourth-order valence-electron chi connectivity index (χ4n) is 7.43. The molecule has 0 radical (unpaired) electrons. The molecule has 1 aliphatic carbocycles. The molecule has 0 heteroatoms. The molecular weight excluding hydrogens is 504 g/mol. The van der Waals surface area contributed by atoms with E-state index in [9.17, 15) is 0 Å². The van der Waals surface area contributed by atoms with Gasteiger partial charge < -0.3 is 0 Å². The Balaban J connectivity index is 1.63. The first-order valence-electron chi connectivity index (χ1n) is 14.9. The smallest absolute Gasteiger partial charge is 0.000741 e. The Morgan fingerprint density at radius 1 is 0.333 bits per heavy atom. The molecular formula is C42H32. The zero-order chi connectivity index (χ0) is 28.5. The summed E-state index contributed by atoms with van der Waals surface area (Å²) in [6.07, 6.45) is 0. The van der Waals surface area contributed by atoms with Crippen LogP contribution in [0.3, 0.4) is 0 Å². The van der Waals surface area contributed by atoms with E-state index in [1.54, 1.807) is 0 Å². The molecule has 0 unspecified atom stereocenters. The molecule has 0 aliphatic heterocycles. The molecule has 200 valence electrons. The molecule has 0 amide bonds. The fourth-order valence-corrected chi connectivity index (χ4v) is 7.43. The number of hydrogen-bond acceptors (Lipinski definition) is 0. The number of hydrogen-bond donors (Lipinski definition) is 0. The van der Waals surface area contributed by atoms with Crippen LogP contribution in [0.4, 0.5) is 0 Å². The maximum Gasteiger partial charge on any atom is -0.000741 e. The predicted molar refractivity (Wildman–Crippen MR) is 181 cm³/mol. The number of aryl methyl sites for hydroxylation is 4. The molecule has 0 saturated heterocycles. The quantitative estimate of drug-likeness (QED) is 0.211. The van der Waals surface area contributed by atoms with E-state index in [0.717, 1.165) is 0 Å². The standard InChI is InChI=1S/C42H32/c1-25-18-26(2)21-32(20-25)39-34-17-16-31(29-10-6-5-7-11-29)24-37(34)40(33-22-27(3)19-28(4)23-33)42-36-15-9-13-30-12-8-14-35(38(30)36)41(39)42/h5-24H,1-4H3. The molecule has 7 aromatic carbocycles. The van der Waals surface area contributed by atoms with Gasteiger partial charge >= 0.3 is 0 Å². The summed E-state index contributed by atoms with van der Waals surface area (Å²) in [6.45, 7) is 8.86. The number of rotatable bonds is 3. The van der Waals surface area contributed by atoms with E-state index in [4.69, 9.17) is 0 Å². The van der Waals surface area contributed by atoms with Crippen LogP contribution in [0.5, 0.6) is 0 Å². The van der Waals surface area contributed by atoms with Gasteiger partial charge in [0.15, 0.2) is 0 Å². The third kappa shape index (κ3) is 3.76. The van der Waals surface area contributed by atoms with Crippen LogP contribution < -0.4 is 0 Å². The Kier molecular flexibility index (Phi) is 5.49. The van der Waals surface area contributed by atoms with Gasteiger partial charge in [0, 0.05) is 0 Å². The average molecular weight is 537 g/mol. The van der Waals surface area contributed by atoms with E-state index >= 15 is 0 Å². The van der Waals surface area contributed by atoms with Gasteiger partial charge in [-0.25, -0.2) is 0 Å². The summed E-state index contributed by atoms with van der Waals surface area (Å²) in [6, 6.07) is 45.6. The SMILES string of the molecule is Cc1cc(C)cc(-c2c3c(c(-c4cc(C)cc(C)c4)c4cc(-c5ccccc5)ccc24)-c2cccc4cccc-3c24)c1. The zero-order valence-corrected chi connectivity index (χ0v) is 24.5. The topological polar surface area (TPSA) is 0 Å². The van der Waals surface area contributed by atoms with E-state index in [1.165, 1.54) is 99.4 Å². The molecule has 0 saturated carbocycles. The molecule has 0 nitrogen and oxygen atoms in total. The summed E-state index contributed by atoms with van der Waals surface area (Å²) >= 11 is 0. The molecule has 0 aromatic heterocycles. The first-order chi connectivity index (χ1) is 20.5. The minimum absolute atomic E-state index is 1.24. The van der Waals surface area contributed by atoms with E-state index in [-0.39, 0.29) is 0 Å². The van der Waals surface area contributed by atoms with E-state index in [2.05, 4.69) is 149 Å². The second-order valence-corrected chi connectivity index (χ2v) is 12.1. The first kappa shape index (κ1) is 24.8. The molecule has 0 heterocycles. The zero-order valence-electron chi connectivity index (χ0n) is 24.5. The monoisotopic (exact) mass is 536 g/mol. The van der Waals surface area contributed by atoms with Gasteiger partial charge in [0.05, 0.1) is 0 Å². The third-order valence-electron chi connectivity index (χ3n) is 8.88. The Morgan fingerprint density at radius 3 is 1.40 bits per heavy atom. The summed E-state index contributed by atoms with van der Waals surface area (Å²) < 4.78 is 0. The Bertz CT molecular complexity index is 2170. The van der Waals surface area contributed by atoms with Crippen LogP contribution in [0.25, 0.3) is 77.2 Å². The van der Waals surface area contributed by atoms with Crippen LogP contribution in [0, 0.1) is 27.7 Å². The highest BCUT2D eigenvalue weighted by Crippen LogP contribution is 2.58. The second kappa shape index (κ2) is 9.29. The normalized spacial score (nSPS) is 11.8. The van der Waals surface area contributed by atoms with Gasteiger partial charge in [0.25, 0.3) is 0 Å². The molecule has 42 heavy (non-hydrogen) atoms. The van der Waals surface area contributed by atoms with Crippen molar-refractivity contribution >= 4 is 21.5 Å². The molecule has 0 N–H and O–H groups in total. The molecule has 0 bridgehead atoms. The summed E-state index contributed by atoms with van der Waals surface area (Å²) in [5.41, 5.74) is 18.3. The number of fused-ring (bicyclic) bond motifs is 4. The lowest BCUT2D eigenvalue weighted by Gasteiger charge is -2.22. The van der Waals surface area contributed by atoms with Crippen molar-refractivity contribution < 1.29 is 0 Å². The van der Waals surface area contributed by atoms with Gasteiger partial charge in [-0.15, -0.1) is 0 Å². The minimum atomic E-state index is 1.24. The van der Waals surface area contributed by atoms with Crippen LogP contribution in [-0.2, 0) is 0 Å². The molecule has 8 rings (SSSR count). The number of benzene rings is 7. The van der Waals surface area contributed by atoms with Gasteiger partial charge in [-0.05, 0) is 111 Å². The second-order valence-electron chi connectivity index (χ2n) is 12.1. The van der Waals surface area contributed by atoms with Gasteiger partial charge in [-0.3, -0.25) is 0 Å². The van der Waals surface area contributed by atoms with Gasteiger partial charge in [-0.2, -0.15) is 0 Å². The minimum Gasteiger partial charge on any atom is -0.0622 e. The lowest BCUT2D eigenvalue weighted by molar-refractivity contribution is 1.38. The highest BCUT2D eigenvalue weighted by atomic mass is 14.3. The van der Waals surface area contributed by atoms with Gasteiger partial charge in [-0.1, -0.05) is 138 Å². The molecule has 0 atom stereocenters. The third-order valence-corrected chi connectivity index (χ3v) is 8.88. The largest absolute Gasteiger partial charge is 0.0622 e. The maximum atomic E-state index is 2.44. The maximum absolute atomic E-state index is 2.44. The van der Waals surface area contributed by atoms with Crippen LogP contribution in [0.15, 0.2) is 121 Å². The van der Waals surface area contributed by atoms with E-state index in [0.29, 0.717) is 0 Å². The van der Waals surface area contributed by atoms with Crippen molar-refractivity contribution in [3.05, 3.63) is 144 Å². The first-order valence-corrected chi connectivity index (χ1v) is 14.9.